The third-order valence-corrected chi connectivity index (χ3v) is 11.0. The number of aryl methyl sites for hydroxylation is 2. The number of nitrogens with one attached hydrogen (secondary N) is 2. The van der Waals surface area contributed by atoms with Crippen LogP contribution < -0.4 is 16.6 Å². The highest BCUT2D eigenvalue weighted by atomic mass is 32.2. The Bertz CT molecular complexity index is 2770. The Labute approximate surface area is 302 Å². The highest BCUT2D eigenvalue weighted by molar-refractivity contribution is 7.91. The fraction of sp³-hybridized carbons (Fsp3) is 0.0588. The molecule has 272 valence electrons. The number of carbonyl (C=O) groups is 2. The molecule has 0 atom stereocenters. The topological polar surface area (TPSA) is 272 Å². The summed E-state index contributed by atoms with van der Waals surface area (Å²) in [5, 5.41) is 8.12. The number of hydrogen-bond donors (Lipinski definition) is 6. The van der Waals surface area contributed by atoms with Gasteiger partial charge in [0.2, 0.25) is 11.6 Å². The Balaban J connectivity index is 1.23. The molecule has 19 heteroatoms. The second-order valence-electron chi connectivity index (χ2n) is 11.8. The third kappa shape index (κ3) is 7.16. The minimum absolute atomic E-state index is 0.0149. The molecule has 6 rings (SSSR count). The first kappa shape index (κ1) is 36.9. The zero-order valence-corrected chi connectivity index (χ0v) is 29.8. The van der Waals surface area contributed by atoms with E-state index in [-0.39, 0.29) is 28.1 Å². The van der Waals surface area contributed by atoms with Crippen LogP contribution in [0.1, 0.15) is 43.0 Å². The molecule has 0 heterocycles. The quantitative estimate of drug-likeness (QED) is 0.0810. The summed E-state index contributed by atoms with van der Waals surface area (Å²) in [6.07, 6.45) is 3.51. The summed E-state index contributed by atoms with van der Waals surface area (Å²) in [7, 11) is -14.5. The smallest absolute Gasteiger partial charge is 0.296 e. The number of hydrogen-bond acceptors (Lipinski definition) is 13. The molecule has 2 aliphatic carbocycles. The van der Waals surface area contributed by atoms with Gasteiger partial charge in [-0.1, -0.05) is 30.3 Å². The summed E-state index contributed by atoms with van der Waals surface area (Å²) in [4.78, 5) is 24.4. The average Bonchev–Trinajstić information content (AvgIpc) is 3.06. The lowest BCUT2D eigenvalue weighted by Gasteiger charge is -2.18. The number of carbonyl (C=O) groups excluding carboxylic acids is 2. The first-order valence-electron chi connectivity index (χ1n) is 15.1. The number of allylic oxidation sites excluding steroid dienone is 2. The van der Waals surface area contributed by atoms with Crippen molar-refractivity contribution in [1.82, 2.24) is 0 Å². The van der Waals surface area contributed by atoms with Crippen molar-refractivity contribution in [2.24, 2.45) is 10.2 Å². The third-order valence-electron chi connectivity index (χ3n) is 8.33. The molecule has 0 bridgehead atoms. The van der Waals surface area contributed by atoms with Crippen LogP contribution in [0.15, 0.2) is 97.7 Å². The maximum atomic E-state index is 13.4. The van der Waals surface area contributed by atoms with Crippen molar-refractivity contribution >= 4 is 82.6 Å². The number of Topliss-reactive ketones (excluding diaryl/α,β-unsaturated/α-hetero) is 2. The number of nitrogens with zero attached hydrogens (tertiary/aromatic N) is 2. The number of benzene rings is 4. The zero-order chi connectivity index (χ0) is 38.6. The fourth-order valence-corrected chi connectivity index (χ4v) is 7.82. The van der Waals surface area contributed by atoms with Crippen LogP contribution in [0.2, 0.25) is 0 Å². The molecule has 0 saturated carbocycles. The maximum absolute atomic E-state index is 13.4. The predicted molar refractivity (Wildman–Crippen MR) is 198 cm³/mol. The van der Waals surface area contributed by atoms with Gasteiger partial charge in [-0.15, -0.1) is 0 Å². The van der Waals surface area contributed by atoms with Gasteiger partial charge in [0.1, 0.15) is 20.4 Å². The number of nitrogens with two attached hydrogens (primary N) is 1. The van der Waals surface area contributed by atoms with Gasteiger partial charge in [-0.3, -0.25) is 34.1 Å². The summed E-state index contributed by atoms with van der Waals surface area (Å²) >= 11 is 0. The molecule has 0 unspecified atom stereocenters. The van der Waals surface area contributed by atoms with Gasteiger partial charge < -0.3 is 5.73 Å². The number of rotatable bonds is 8. The Morgan fingerprint density at radius 3 is 1.77 bits per heavy atom. The second kappa shape index (κ2) is 13.3. The molecule has 0 amide bonds. The first-order valence-corrected chi connectivity index (χ1v) is 19.4. The molecule has 4 aromatic carbocycles. The van der Waals surface area contributed by atoms with Crippen LogP contribution in [0, 0.1) is 13.8 Å². The van der Waals surface area contributed by atoms with Crippen LogP contribution in [0.4, 0.5) is 17.1 Å². The number of ketones is 2. The highest BCUT2D eigenvalue weighted by Gasteiger charge is 2.36. The Kier molecular flexibility index (Phi) is 9.27. The van der Waals surface area contributed by atoms with Crippen molar-refractivity contribution in [3.63, 3.8) is 0 Å². The zero-order valence-electron chi connectivity index (χ0n) is 27.4. The Morgan fingerprint density at radius 1 is 0.642 bits per heavy atom. The first-order chi connectivity index (χ1) is 24.8. The molecule has 16 nitrogen and oxygen atoms in total. The number of fused-ring (bicyclic) bond motifs is 2. The van der Waals surface area contributed by atoms with E-state index >= 15 is 0 Å². The SMILES string of the molecule is Cc1cc(-c2ccc(N/N=C3\C=Cc4c(S(=O)(=O)O)ccc(N)c4C3=O)c(C)c2)ccc1N/N=C1/C(=O)c2c(cccc2S(=O)(=O)O)C=C1S(=O)(=O)O. The van der Waals surface area contributed by atoms with Gasteiger partial charge in [0.05, 0.1) is 22.5 Å². The van der Waals surface area contributed by atoms with Crippen LogP contribution >= 0.6 is 0 Å². The van der Waals surface area contributed by atoms with E-state index < -0.39 is 67.9 Å². The van der Waals surface area contributed by atoms with E-state index in [1.807, 2.05) is 6.07 Å². The summed E-state index contributed by atoms with van der Waals surface area (Å²) in [6.45, 7) is 3.50. The Morgan fingerprint density at radius 2 is 1.23 bits per heavy atom. The molecule has 0 aromatic heterocycles. The van der Waals surface area contributed by atoms with Gasteiger partial charge in [0.15, 0.2) is 5.71 Å². The summed E-state index contributed by atoms with van der Waals surface area (Å²) in [5.74, 6) is -1.81. The van der Waals surface area contributed by atoms with E-state index in [0.29, 0.717) is 16.9 Å². The van der Waals surface area contributed by atoms with Crippen LogP contribution in [-0.4, -0.2) is 61.9 Å². The molecule has 0 aliphatic heterocycles. The van der Waals surface area contributed by atoms with Gasteiger partial charge in [0, 0.05) is 11.3 Å². The van der Waals surface area contributed by atoms with Crippen molar-refractivity contribution in [2.45, 2.75) is 23.6 Å². The van der Waals surface area contributed by atoms with E-state index in [4.69, 9.17) is 5.73 Å². The van der Waals surface area contributed by atoms with E-state index in [1.165, 1.54) is 30.4 Å². The normalized spacial score (nSPS) is 16.0. The van der Waals surface area contributed by atoms with Crippen molar-refractivity contribution in [3.8, 4) is 11.1 Å². The average molecular weight is 778 g/mol. The van der Waals surface area contributed by atoms with Gasteiger partial charge >= 0.3 is 0 Å². The van der Waals surface area contributed by atoms with Crippen LogP contribution in [0.25, 0.3) is 23.3 Å². The van der Waals surface area contributed by atoms with Crippen molar-refractivity contribution < 1.29 is 48.5 Å². The van der Waals surface area contributed by atoms with Crippen LogP contribution in [0.5, 0.6) is 0 Å². The largest absolute Gasteiger partial charge is 0.398 e. The molecule has 7 N–H and O–H groups in total. The molecular weight excluding hydrogens is 751 g/mol. The Hall–Kier alpha value is -5.83. The lowest BCUT2D eigenvalue weighted by molar-refractivity contribution is 0.105. The van der Waals surface area contributed by atoms with E-state index in [0.717, 1.165) is 34.9 Å². The lowest BCUT2D eigenvalue weighted by atomic mass is 9.93. The molecule has 53 heavy (non-hydrogen) atoms. The van der Waals surface area contributed by atoms with Gasteiger partial charge in [0.25, 0.3) is 30.4 Å². The van der Waals surface area contributed by atoms with Gasteiger partial charge in [-0.05, 0) is 96.3 Å². The monoisotopic (exact) mass is 777 g/mol. The molecule has 0 radical (unpaired) electrons. The molecule has 0 fully saturated rings. The van der Waals surface area contributed by atoms with E-state index in [2.05, 4.69) is 21.1 Å². The standard InChI is InChI=1S/C34H27N5O11S3/c1-17-14-19(6-10-24(17)36-38-26-12-8-22-27(51(42,43)44)13-9-23(35)31(22)33(26)40)20-7-11-25(18(2)15-20)37-39-32-29(53(48,49)50)16-21-4-3-5-28(52(45,46)47)30(21)34(32)41/h3-16,36-37H,35H2,1-2H3,(H,42,43,44)(H,45,46,47)(H,48,49,50)/b38-26+,39-32+. The molecule has 0 spiro atoms. The molecule has 2 aliphatic rings. The molecule has 4 aromatic rings. The van der Waals surface area contributed by atoms with Crippen LogP contribution in [-0.2, 0) is 30.4 Å². The number of anilines is 3. The lowest BCUT2D eigenvalue weighted by Crippen LogP contribution is -2.28. The van der Waals surface area contributed by atoms with E-state index in [9.17, 15) is 48.5 Å². The van der Waals surface area contributed by atoms with Gasteiger partial charge in [-0.2, -0.15) is 35.5 Å². The van der Waals surface area contributed by atoms with E-state index in [1.54, 1.807) is 44.2 Å². The minimum atomic E-state index is -5.01. The highest BCUT2D eigenvalue weighted by Crippen LogP contribution is 2.33. The van der Waals surface area contributed by atoms with Crippen molar-refractivity contribution in [2.75, 3.05) is 16.6 Å². The number of hydrazone groups is 2. The minimum Gasteiger partial charge on any atom is -0.398 e. The molecule has 0 saturated heterocycles. The summed E-state index contributed by atoms with van der Waals surface area (Å²) < 4.78 is 101. The predicted octanol–water partition coefficient (Wildman–Crippen LogP) is 4.62. The van der Waals surface area contributed by atoms with Crippen LogP contribution in [0.3, 0.4) is 0 Å². The number of nitrogen functional groups attached to an aromatic ring is 1. The summed E-state index contributed by atoms with van der Waals surface area (Å²) in [5.41, 5.74) is 13.4. The van der Waals surface area contributed by atoms with Crippen molar-refractivity contribution in [3.05, 3.63) is 111 Å². The fourth-order valence-electron chi connectivity index (χ4n) is 5.76. The second-order valence-corrected chi connectivity index (χ2v) is 16.0. The summed E-state index contributed by atoms with van der Waals surface area (Å²) in [6, 6.07) is 16.1. The van der Waals surface area contributed by atoms with Gasteiger partial charge in [-0.25, -0.2) is 0 Å². The molecular formula is C34H27N5O11S3. The maximum Gasteiger partial charge on any atom is 0.296 e. The van der Waals surface area contributed by atoms with Crippen molar-refractivity contribution in [1.29, 1.82) is 0 Å².